The topological polar surface area (TPSA) is 96.0 Å². The molecule has 0 unspecified atom stereocenters. The molecule has 4 rings (SSSR count). The minimum Gasteiger partial charge on any atom is -0.463 e. The summed E-state index contributed by atoms with van der Waals surface area (Å²) >= 11 is 0. The molecular weight excluding hydrogens is 412 g/mol. The summed E-state index contributed by atoms with van der Waals surface area (Å²) in [5.74, 6) is -0.220. The molecule has 0 aromatic carbocycles. The molecule has 0 radical (unpaired) electrons. The van der Waals surface area contributed by atoms with Gasteiger partial charge in [-0.25, -0.2) is 0 Å². The molecule has 0 aromatic rings. The first kappa shape index (κ1) is 23.2. The fourth-order valence-corrected chi connectivity index (χ4v) is 8.16. The normalized spacial score (nSPS) is 45.2. The molecule has 0 spiro atoms. The van der Waals surface area contributed by atoms with Gasteiger partial charge >= 0.3 is 17.9 Å². The number of ketones is 1. The lowest BCUT2D eigenvalue weighted by molar-refractivity contribution is -0.214. The maximum absolute atomic E-state index is 12.4. The zero-order valence-electron chi connectivity index (χ0n) is 19.8. The highest BCUT2D eigenvalue weighted by Crippen LogP contribution is 2.67. The first-order valence-electron chi connectivity index (χ1n) is 12.0. The van der Waals surface area contributed by atoms with E-state index in [0.717, 1.165) is 19.3 Å². The highest BCUT2D eigenvalue weighted by molar-refractivity contribution is 5.80. The van der Waals surface area contributed by atoms with Gasteiger partial charge in [-0.2, -0.15) is 0 Å². The predicted octanol–water partition coefficient (Wildman–Crippen LogP) is 3.61. The van der Waals surface area contributed by atoms with Crippen molar-refractivity contribution in [1.82, 2.24) is 0 Å². The summed E-state index contributed by atoms with van der Waals surface area (Å²) in [6.45, 7) is 8.74. The van der Waals surface area contributed by atoms with Gasteiger partial charge in [0.25, 0.3) is 0 Å². The van der Waals surface area contributed by atoms with E-state index in [4.69, 9.17) is 14.2 Å². The van der Waals surface area contributed by atoms with Crippen LogP contribution in [0, 0.1) is 34.5 Å². The molecule has 7 heteroatoms. The van der Waals surface area contributed by atoms with E-state index in [0.29, 0.717) is 25.7 Å². The number of hydrogen-bond donors (Lipinski definition) is 0. The fraction of sp³-hybridized carbons (Fsp3) is 0.840. The second kappa shape index (κ2) is 8.14. The van der Waals surface area contributed by atoms with Gasteiger partial charge in [0, 0.05) is 45.4 Å². The van der Waals surface area contributed by atoms with Crippen molar-refractivity contribution >= 4 is 23.7 Å². The van der Waals surface area contributed by atoms with Crippen LogP contribution in [-0.4, -0.2) is 42.0 Å². The van der Waals surface area contributed by atoms with E-state index < -0.39 is 0 Å². The largest absolute Gasteiger partial charge is 0.463 e. The molecule has 0 amide bonds. The lowest BCUT2D eigenvalue weighted by Crippen LogP contribution is -2.62. The highest BCUT2D eigenvalue weighted by atomic mass is 16.6. The van der Waals surface area contributed by atoms with E-state index in [1.54, 1.807) is 0 Å². The first-order valence-corrected chi connectivity index (χ1v) is 12.0. The number of carbonyl (C=O) groups excluding carboxylic acids is 4. The number of ether oxygens (including phenoxy) is 3. The smallest absolute Gasteiger partial charge is 0.302 e. The number of carbonyl (C=O) groups is 4. The van der Waals surface area contributed by atoms with E-state index in [1.165, 1.54) is 20.8 Å². The van der Waals surface area contributed by atoms with Gasteiger partial charge in [0.2, 0.25) is 0 Å². The van der Waals surface area contributed by atoms with Crippen LogP contribution >= 0.6 is 0 Å². The predicted molar refractivity (Wildman–Crippen MR) is 114 cm³/mol. The second-order valence-corrected chi connectivity index (χ2v) is 11.2. The van der Waals surface area contributed by atoms with Crippen molar-refractivity contribution in [3.8, 4) is 0 Å². The van der Waals surface area contributed by atoms with Crippen molar-refractivity contribution in [2.24, 2.45) is 34.5 Å². The van der Waals surface area contributed by atoms with Crippen molar-refractivity contribution < 1.29 is 33.4 Å². The molecule has 0 aromatic heterocycles. The van der Waals surface area contributed by atoms with Crippen LogP contribution in [0.4, 0.5) is 0 Å². The molecule has 0 N–H and O–H groups in total. The molecule has 9 atom stereocenters. The molecular formula is C25H36O7. The first-order chi connectivity index (χ1) is 14.9. The maximum Gasteiger partial charge on any atom is 0.302 e. The van der Waals surface area contributed by atoms with Gasteiger partial charge in [-0.3, -0.25) is 19.2 Å². The second-order valence-electron chi connectivity index (χ2n) is 11.2. The number of hydrogen-bond acceptors (Lipinski definition) is 7. The Morgan fingerprint density at radius 2 is 1.47 bits per heavy atom. The van der Waals surface area contributed by atoms with Crippen molar-refractivity contribution in [1.29, 1.82) is 0 Å². The lowest BCUT2D eigenvalue weighted by atomic mass is 9.44. The molecule has 0 bridgehead atoms. The van der Waals surface area contributed by atoms with E-state index in [9.17, 15) is 19.2 Å². The summed E-state index contributed by atoms with van der Waals surface area (Å²) in [7, 11) is 0. The molecule has 4 aliphatic carbocycles. The molecule has 32 heavy (non-hydrogen) atoms. The van der Waals surface area contributed by atoms with Crippen molar-refractivity contribution in [2.45, 2.75) is 97.9 Å². The minimum atomic E-state index is -0.326. The molecule has 7 nitrogen and oxygen atoms in total. The fourth-order valence-electron chi connectivity index (χ4n) is 8.16. The van der Waals surface area contributed by atoms with E-state index >= 15 is 0 Å². The van der Waals surface area contributed by atoms with Crippen LogP contribution in [0.5, 0.6) is 0 Å². The quantitative estimate of drug-likeness (QED) is 0.481. The van der Waals surface area contributed by atoms with E-state index in [1.807, 2.05) is 0 Å². The average molecular weight is 449 g/mol. The Labute approximate surface area is 189 Å². The van der Waals surface area contributed by atoms with Crippen molar-refractivity contribution in [2.75, 3.05) is 0 Å². The molecule has 4 saturated carbocycles. The standard InChI is InChI=1S/C25H36O7/c1-13(26)30-17-9-19-18-10-21(31-14(2)27)20-8-16(29)6-7-25(20,5)23(18)22(32-15(3)28)12-24(19,4)11-17/h17-23H,6-12H2,1-5H3/t17-,18+,19-,20-,21+,22-,23-,24-,25+/m1/s1. The van der Waals surface area contributed by atoms with Gasteiger partial charge in [0.1, 0.15) is 24.1 Å². The van der Waals surface area contributed by atoms with Gasteiger partial charge in [-0.05, 0) is 54.8 Å². The summed E-state index contributed by atoms with van der Waals surface area (Å²) in [5.41, 5.74) is -0.395. The number of fused-ring (bicyclic) bond motifs is 5. The molecule has 178 valence electrons. The van der Waals surface area contributed by atoms with Gasteiger partial charge in [0.05, 0.1) is 0 Å². The third-order valence-electron chi connectivity index (χ3n) is 9.07. The van der Waals surface area contributed by atoms with Gasteiger partial charge in [0.15, 0.2) is 0 Å². The van der Waals surface area contributed by atoms with Crippen LogP contribution < -0.4 is 0 Å². The molecule has 4 fully saturated rings. The van der Waals surface area contributed by atoms with E-state index in [-0.39, 0.29) is 76.5 Å². The Morgan fingerprint density at radius 3 is 2.09 bits per heavy atom. The van der Waals surface area contributed by atoms with Crippen LogP contribution in [0.1, 0.15) is 79.6 Å². The Hall–Kier alpha value is -1.92. The summed E-state index contributed by atoms with van der Waals surface area (Å²) in [6.07, 6.45) is 3.80. The molecule has 0 saturated heterocycles. The van der Waals surface area contributed by atoms with Gasteiger partial charge < -0.3 is 14.2 Å². The number of Topliss-reactive ketones (excluding diaryl/α,β-unsaturated/α-hetero) is 1. The highest BCUT2D eigenvalue weighted by Gasteiger charge is 2.66. The van der Waals surface area contributed by atoms with Crippen molar-refractivity contribution in [3.63, 3.8) is 0 Å². The zero-order chi connectivity index (χ0) is 23.4. The summed E-state index contributed by atoms with van der Waals surface area (Å²) in [4.78, 5) is 48.2. The third-order valence-corrected chi connectivity index (χ3v) is 9.07. The Kier molecular flexibility index (Phi) is 5.91. The molecule has 4 aliphatic rings. The van der Waals surface area contributed by atoms with Crippen LogP contribution in [0.2, 0.25) is 0 Å². The Bertz CT molecular complexity index is 821. The minimum absolute atomic E-state index is 0.0676. The van der Waals surface area contributed by atoms with Crippen molar-refractivity contribution in [3.05, 3.63) is 0 Å². The Balaban J connectivity index is 1.75. The summed E-state index contributed by atoms with van der Waals surface area (Å²) < 4.78 is 17.4. The zero-order valence-corrected chi connectivity index (χ0v) is 19.8. The SMILES string of the molecule is CC(=O)O[C@@H]1C[C@@H]2[C@@H]3C[C@H](OC(C)=O)[C@H]4CC(=O)CC[C@]4(C)[C@H]3[C@H](OC(C)=O)C[C@@]2(C)C1. The van der Waals surface area contributed by atoms with Crippen LogP contribution in [0.15, 0.2) is 0 Å². The van der Waals surface area contributed by atoms with Gasteiger partial charge in [-0.15, -0.1) is 0 Å². The number of esters is 3. The Morgan fingerprint density at radius 1 is 0.844 bits per heavy atom. The molecule has 0 aliphatic heterocycles. The maximum atomic E-state index is 12.4. The number of rotatable bonds is 3. The third kappa shape index (κ3) is 3.96. The van der Waals surface area contributed by atoms with Crippen LogP contribution in [0.3, 0.4) is 0 Å². The average Bonchev–Trinajstić information content (AvgIpc) is 2.96. The van der Waals surface area contributed by atoms with E-state index in [2.05, 4.69) is 13.8 Å². The molecule has 0 heterocycles. The summed E-state index contributed by atoms with van der Waals surface area (Å²) in [6, 6.07) is 0. The van der Waals surface area contributed by atoms with Crippen LogP contribution in [-0.2, 0) is 33.4 Å². The summed E-state index contributed by atoms with van der Waals surface area (Å²) in [5, 5.41) is 0. The van der Waals surface area contributed by atoms with Gasteiger partial charge in [-0.1, -0.05) is 13.8 Å². The van der Waals surface area contributed by atoms with Crippen LogP contribution in [0.25, 0.3) is 0 Å². The lowest BCUT2D eigenvalue weighted by Gasteiger charge is -2.62. The monoisotopic (exact) mass is 448 g/mol.